The van der Waals surface area contributed by atoms with Gasteiger partial charge in [-0.05, 0) is 29.8 Å². The second kappa shape index (κ2) is 7.79. The Balaban J connectivity index is 2.24. The Morgan fingerprint density at radius 2 is 2.00 bits per heavy atom. The molecular weight excluding hydrogens is 321 g/mol. The van der Waals surface area contributed by atoms with E-state index in [9.17, 15) is 4.79 Å². The highest BCUT2D eigenvalue weighted by atomic mass is 35.5. The average Bonchev–Trinajstić information content (AvgIpc) is 2.50. The molecule has 6 heteroatoms. The van der Waals surface area contributed by atoms with Gasteiger partial charge in [0.15, 0.2) is 0 Å². The lowest BCUT2D eigenvalue weighted by Gasteiger charge is -2.22. The van der Waals surface area contributed by atoms with Gasteiger partial charge in [-0.2, -0.15) is 5.26 Å². The van der Waals surface area contributed by atoms with Crippen LogP contribution in [0, 0.1) is 11.3 Å². The minimum absolute atomic E-state index is 0.219. The highest BCUT2D eigenvalue weighted by Crippen LogP contribution is 2.21. The smallest absolute Gasteiger partial charge is 0.254 e. The van der Waals surface area contributed by atoms with Gasteiger partial charge in [-0.1, -0.05) is 29.3 Å². The maximum atomic E-state index is 12.6. The number of halogens is 2. The fraction of sp³-hybridized carbons (Fsp3) is 0.188. The van der Waals surface area contributed by atoms with Gasteiger partial charge in [0.2, 0.25) is 0 Å². The monoisotopic (exact) mass is 333 g/mol. The van der Waals surface area contributed by atoms with Crippen molar-refractivity contribution in [1.82, 2.24) is 9.88 Å². The molecule has 0 N–H and O–H groups in total. The number of nitriles is 1. The quantitative estimate of drug-likeness (QED) is 0.832. The number of aromatic nitrogens is 1. The molecule has 1 aromatic carbocycles. The Morgan fingerprint density at radius 3 is 2.59 bits per heavy atom. The van der Waals surface area contributed by atoms with Crippen LogP contribution in [0.1, 0.15) is 22.3 Å². The zero-order chi connectivity index (χ0) is 15.9. The first-order chi connectivity index (χ1) is 10.6. The van der Waals surface area contributed by atoms with Gasteiger partial charge in [-0.3, -0.25) is 9.78 Å². The molecule has 0 saturated carbocycles. The molecule has 0 fully saturated rings. The summed E-state index contributed by atoms with van der Waals surface area (Å²) in [5.41, 5.74) is 1.29. The minimum atomic E-state index is -0.219. The number of amides is 1. The van der Waals surface area contributed by atoms with E-state index in [-0.39, 0.29) is 12.3 Å². The number of carbonyl (C=O) groups is 1. The lowest BCUT2D eigenvalue weighted by molar-refractivity contribution is 0.0746. The Bertz CT molecular complexity index is 678. The maximum absolute atomic E-state index is 12.6. The first-order valence-corrected chi connectivity index (χ1v) is 7.37. The van der Waals surface area contributed by atoms with Gasteiger partial charge < -0.3 is 4.90 Å². The summed E-state index contributed by atoms with van der Waals surface area (Å²) in [6.45, 7) is 0.701. The van der Waals surface area contributed by atoms with Crippen molar-refractivity contribution in [2.75, 3.05) is 6.54 Å². The lowest BCUT2D eigenvalue weighted by Crippen LogP contribution is -2.31. The molecule has 1 heterocycles. The number of carbonyl (C=O) groups excluding carboxylic acids is 1. The predicted octanol–water partition coefficient (Wildman–Crippen LogP) is 3.94. The normalized spacial score (nSPS) is 10.0. The molecule has 0 aliphatic rings. The van der Waals surface area contributed by atoms with Crippen LogP contribution in [0.25, 0.3) is 0 Å². The van der Waals surface area contributed by atoms with Crippen LogP contribution >= 0.6 is 23.2 Å². The van der Waals surface area contributed by atoms with Crippen LogP contribution in [0.4, 0.5) is 0 Å². The van der Waals surface area contributed by atoms with Crippen LogP contribution in [-0.2, 0) is 6.54 Å². The largest absolute Gasteiger partial charge is 0.333 e. The fourth-order valence-electron chi connectivity index (χ4n) is 2.01. The summed E-state index contributed by atoms with van der Waals surface area (Å²) in [5, 5.41) is 9.58. The van der Waals surface area contributed by atoms with Crippen molar-refractivity contribution in [3.05, 3.63) is 63.9 Å². The second-order valence-corrected chi connectivity index (χ2v) is 5.53. The molecule has 112 valence electrons. The Hall–Kier alpha value is -2.09. The standard InChI is InChI=1S/C16H13Cl2N3O/c17-14-7-13(8-15(18)9-14)16(22)21(6-2-4-19)11-12-3-1-5-20-10-12/h1,3,5,7-10H,2,6,11H2. The van der Waals surface area contributed by atoms with Crippen LogP contribution in [0.2, 0.25) is 10.0 Å². The summed E-state index contributed by atoms with van der Waals surface area (Å²) >= 11 is 11.9. The topological polar surface area (TPSA) is 57.0 Å². The number of pyridine rings is 1. The van der Waals surface area contributed by atoms with Crippen LogP contribution in [0.5, 0.6) is 0 Å². The number of benzene rings is 1. The van der Waals surface area contributed by atoms with Crippen molar-refractivity contribution < 1.29 is 4.79 Å². The lowest BCUT2D eigenvalue weighted by atomic mass is 10.1. The molecule has 4 nitrogen and oxygen atoms in total. The molecule has 0 unspecified atom stereocenters. The van der Waals surface area contributed by atoms with Crippen molar-refractivity contribution in [2.45, 2.75) is 13.0 Å². The van der Waals surface area contributed by atoms with Crippen molar-refractivity contribution in [3.8, 4) is 6.07 Å². The van der Waals surface area contributed by atoms with Gasteiger partial charge in [-0.25, -0.2) is 0 Å². The first kappa shape index (κ1) is 16.3. The molecule has 2 aromatic rings. The fourth-order valence-corrected chi connectivity index (χ4v) is 2.54. The summed E-state index contributed by atoms with van der Waals surface area (Å²) < 4.78 is 0. The summed E-state index contributed by atoms with van der Waals surface area (Å²) in [7, 11) is 0. The third-order valence-electron chi connectivity index (χ3n) is 2.99. The summed E-state index contributed by atoms with van der Waals surface area (Å²) in [6, 6.07) is 10.4. The predicted molar refractivity (Wildman–Crippen MR) is 85.7 cm³/mol. The van der Waals surface area contributed by atoms with E-state index in [1.807, 2.05) is 6.07 Å². The van der Waals surface area contributed by atoms with E-state index in [1.165, 1.54) is 0 Å². The molecule has 2 rings (SSSR count). The first-order valence-electron chi connectivity index (χ1n) is 6.61. The van der Waals surface area contributed by atoms with Crippen LogP contribution < -0.4 is 0 Å². The molecule has 0 bridgehead atoms. The summed E-state index contributed by atoms with van der Waals surface area (Å²) in [4.78, 5) is 18.3. The van der Waals surface area contributed by atoms with Gasteiger partial charge in [-0.15, -0.1) is 0 Å². The molecule has 0 aliphatic carbocycles. The van der Waals surface area contributed by atoms with E-state index in [4.69, 9.17) is 28.5 Å². The maximum Gasteiger partial charge on any atom is 0.254 e. The Labute approximate surface area is 138 Å². The van der Waals surface area contributed by atoms with E-state index in [0.29, 0.717) is 28.7 Å². The zero-order valence-corrected chi connectivity index (χ0v) is 13.2. The molecule has 1 aromatic heterocycles. The molecule has 0 atom stereocenters. The highest BCUT2D eigenvalue weighted by molar-refractivity contribution is 6.35. The Morgan fingerprint density at radius 1 is 1.27 bits per heavy atom. The van der Waals surface area contributed by atoms with Crippen LogP contribution in [-0.4, -0.2) is 22.3 Å². The molecule has 22 heavy (non-hydrogen) atoms. The highest BCUT2D eigenvalue weighted by Gasteiger charge is 2.17. The number of rotatable bonds is 5. The zero-order valence-electron chi connectivity index (χ0n) is 11.7. The van der Waals surface area contributed by atoms with E-state index in [1.54, 1.807) is 41.6 Å². The molecule has 0 spiro atoms. The SMILES string of the molecule is N#CCCN(Cc1cccnc1)C(=O)c1cc(Cl)cc(Cl)c1. The number of nitrogens with zero attached hydrogens (tertiary/aromatic N) is 3. The van der Waals surface area contributed by atoms with E-state index in [2.05, 4.69) is 11.1 Å². The van der Waals surface area contributed by atoms with Crippen molar-refractivity contribution in [1.29, 1.82) is 5.26 Å². The van der Waals surface area contributed by atoms with Gasteiger partial charge >= 0.3 is 0 Å². The Kier molecular flexibility index (Phi) is 5.76. The molecule has 1 amide bonds. The van der Waals surface area contributed by atoms with Gasteiger partial charge in [0, 0.05) is 41.1 Å². The molecule has 0 saturated heterocycles. The van der Waals surface area contributed by atoms with E-state index < -0.39 is 0 Å². The van der Waals surface area contributed by atoms with Crippen LogP contribution in [0.15, 0.2) is 42.7 Å². The summed E-state index contributed by atoms with van der Waals surface area (Å²) in [5.74, 6) is -0.219. The van der Waals surface area contributed by atoms with Crippen LogP contribution in [0.3, 0.4) is 0 Å². The number of hydrogen-bond donors (Lipinski definition) is 0. The third-order valence-corrected chi connectivity index (χ3v) is 3.42. The average molecular weight is 334 g/mol. The van der Waals surface area contributed by atoms with Gasteiger partial charge in [0.1, 0.15) is 0 Å². The molecule has 0 radical (unpaired) electrons. The molecular formula is C16H13Cl2N3O. The number of hydrogen-bond acceptors (Lipinski definition) is 3. The van der Waals surface area contributed by atoms with Gasteiger partial charge in [0.05, 0.1) is 12.5 Å². The van der Waals surface area contributed by atoms with Gasteiger partial charge in [0.25, 0.3) is 5.91 Å². The van der Waals surface area contributed by atoms with Crippen molar-refractivity contribution >= 4 is 29.1 Å². The third kappa shape index (κ3) is 4.45. The second-order valence-electron chi connectivity index (χ2n) is 4.65. The van der Waals surface area contributed by atoms with Crippen molar-refractivity contribution in [2.24, 2.45) is 0 Å². The molecule has 0 aliphatic heterocycles. The minimum Gasteiger partial charge on any atom is -0.333 e. The van der Waals surface area contributed by atoms with E-state index in [0.717, 1.165) is 5.56 Å². The summed E-state index contributed by atoms with van der Waals surface area (Å²) in [6.07, 6.45) is 3.61. The van der Waals surface area contributed by atoms with Crippen molar-refractivity contribution in [3.63, 3.8) is 0 Å². The van der Waals surface area contributed by atoms with E-state index >= 15 is 0 Å².